The maximum absolute atomic E-state index is 9.95. The largest absolute Gasteiger partial charge is 0.394 e. The van der Waals surface area contributed by atoms with E-state index in [1.54, 1.807) is 0 Å². The van der Waals surface area contributed by atoms with Crippen molar-refractivity contribution in [2.45, 2.75) is 61.9 Å². The first-order chi connectivity index (χ1) is 10.2. The average molecular weight is 305 g/mol. The van der Waals surface area contributed by atoms with Gasteiger partial charge in [-0.3, -0.25) is 0 Å². The zero-order chi connectivity index (χ0) is 14.7. The highest BCUT2D eigenvalue weighted by Gasteiger charge is 2.44. The molecule has 116 valence electrons. The van der Waals surface area contributed by atoms with Gasteiger partial charge in [0.05, 0.1) is 6.61 Å². The molecule has 2 N–H and O–H groups in total. The lowest BCUT2D eigenvalue weighted by Crippen LogP contribution is -2.52. The number of aliphatic hydroxyl groups is 1. The van der Waals surface area contributed by atoms with Crippen LogP contribution >= 0.6 is 11.8 Å². The van der Waals surface area contributed by atoms with Crippen LogP contribution in [0.3, 0.4) is 0 Å². The van der Waals surface area contributed by atoms with Crippen LogP contribution in [0.4, 0.5) is 0 Å². The third-order valence-corrected chi connectivity index (χ3v) is 6.33. The molecule has 0 aliphatic heterocycles. The van der Waals surface area contributed by atoms with E-state index in [1.165, 1.54) is 42.6 Å². The van der Waals surface area contributed by atoms with Gasteiger partial charge in [0.1, 0.15) is 0 Å². The molecule has 2 nitrogen and oxygen atoms in total. The van der Waals surface area contributed by atoms with E-state index in [-0.39, 0.29) is 5.54 Å². The molecule has 2 unspecified atom stereocenters. The van der Waals surface area contributed by atoms with Crippen LogP contribution in [0.1, 0.15) is 44.1 Å². The number of thioether (sulfide) groups is 1. The van der Waals surface area contributed by atoms with Crippen LogP contribution in [-0.2, 0) is 0 Å². The predicted molar refractivity (Wildman–Crippen MR) is 89.8 cm³/mol. The SMILES string of the molecule is Cc1ccccc1SCCC1CCCC1(CO)NC1CC1. The van der Waals surface area contributed by atoms with Gasteiger partial charge in [0.15, 0.2) is 0 Å². The van der Waals surface area contributed by atoms with E-state index < -0.39 is 0 Å². The molecule has 0 radical (unpaired) electrons. The van der Waals surface area contributed by atoms with E-state index in [2.05, 4.69) is 36.5 Å². The first kappa shape index (κ1) is 15.4. The van der Waals surface area contributed by atoms with Gasteiger partial charge >= 0.3 is 0 Å². The van der Waals surface area contributed by atoms with Crippen LogP contribution in [0.25, 0.3) is 0 Å². The Morgan fingerprint density at radius 3 is 2.81 bits per heavy atom. The Balaban J connectivity index is 1.55. The van der Waals surface area contributed by atoms with Gasteiger partial charge in [-0.15, -0.1) is 11.8 Å². The monoisotopic (exact) mass is 305 g/mol. The minimum atomic E-state index is 0.0213. The van der Waals surface area contributed by atoms with Crippen molar-refractivity contribution < 1.29 is 5.11 Å². The Labute approximate surface area is 132 Å². The van der Waals surface area contributed by atoms with Crippen molar-refractivity contribution in [1.29, 1.82) is 0 Å². The van der Waals surface area contributed by atoms with Crippen molar-refractivity contribution in [2.24, 2.45) is 5.92 Å². The normalized spacial score (nSPS) is 29.0. The fourth-order valence-corrected chi connectivity index (χ4v) is 4.77. The molecule has 3 rings (SSSR count). The second-order valence-electron chi connectivity index (χ2n) is 6.72. The number of rotatable bonds is 7. The van der Waals surface area contributed by atoms with Gasteiger partial charge in [-0.25, -0.2) is 0 Å². The lowest BCUT2D eigenvalue weighted by molar-refractivity contribution is 0.120. The predicted octanol–water partition coefficient (Wildman–Crippen LogP) is 3.76. The summed E-state index contributed by atoms with van der Waals surface area (Å²) in [7, 11) is 0. The average Bonchev–Trinajstić information content (AvgIpc) is 3.21. The quantitative estimate of drug-likeness (QED) is 0.752. The molecular formula is C18H27NOS. The Bertz CT molecular complexity index is 474. The molecular weight excluding hydrogens is 278 g/mol. The van der Waals surface area contributed by atoms with E-state index in [9.17, 15) is 5.11 Å². The van der Waals surface area contributed by atoms with Gasteiger partial charge in [0.25, 0.3) is 0 Å². The molecule has 0 amide bonds. The Morgan fingerprint density at radius 1 is 1.29 bits per heavy atom. The van der Waals surface area contributed by atoms with Crippen molar-refractivity contribution in [1.82, 2.24) is 5.32 Å². The minimum absolute atomic E-state index is 0.0213. The molecule has 2 fully saturated rings. The molecule has 1 aromatic carbocycles. The molecule has 1 aromatic rings. The summed E-state index contributed by atoms with van der Waals surface area (Å²) in [4.78, 5) is 1.40. The molecule has 0 spiro atoms. The molecule has 0 bridgehead atoms. The van der Waals surface area contributed by atoms with Gasteiger partial charge in [0.2, 0.25) is 0 Å². The van der Waals surface area contributed by atoms with E-state index in [4.69, 9.17) is 0 Å². The summed E-state index contributed by atoms with van der Waals surface area (Å²) < 4.78 is 0. The van der Waals surface area contributed by atoms with Crippen LogP contribution in [0.15, 0.2) is 29.2 Å². The van der Waals surface area contributed by atoms with E-state index in [1.807, 2.05) is 11.8 Å². The maximum atomic E-state index is 9.95. The zero-order valence-electron chi connectivity index (χ0n) is 13.0. The van der Waals surface area contributed by atoms with E-state index >= 15 is 0 Å². The number of aryl methyl sites for hydroxylation is 1. The smallest absolute Gasteiger partial charge is 0.0616 e. The summed E-state index contributed by atoms with van der Waals surface area (Å²) >= 11 is 1.97. The molecule has 2 atom stereocenters. The molecule has 0 saturated heterocycles. The van der Waals surface area contributed by atoms with Crippen LogP contribution in [-0.4, -0.2) is 29.0 Å². The summed E-state index contributed by atoms with van der Waals surface area (Å²) in [6.45, 7) is 2.49. The van der Waals surface area contributed by atoms with Crippen molar-refractivity contribution in [2.75, 3.05) is 12.4 Å². The number of hydrogen-bond donors (Lipinski definition) is 2. The van der Waals surface area contributed by atoms with Gasteiger partial charge in [-0.05, 0) is 62.3 Å². The van der Waals surface area contributed by atoms with Crippen LogP contribution in [0.5, 0.6) is 0 Å². The number of hydrogen-bond acceptors (Lipinski definition) is 3. The molecule has 0 aromatic heterocycles. The molecule has 3 heteroatoms. The third kappa shape index (κ3) is 3.64. The molecule has 2 saturated carbocycles. The molecule has 21 heavy (non-hydrogen) atoms. The van der Waals surface area contributed by atoms with Gasteiger partial charge in [0, 0.05) is 16.5 Å². The Kier molecular flexibility index (Phi) is 4.92. The number of benzene rings is 1. The molecule has 2 aliphatic carbocycles. The minimum Gasteiger partial charge on any atom is -0.394 e. The fraction of sp³-hybridized carbons (Fsp3) is 0.667. The molecule has 0 heterocycles. The van der Waals surface area contributed by atoms with Gasteiger partial charge in [-0.2, -0.15) is 0 Å². The van der Waals surface area contributed by atoms with Crippen molar-refractivity contribution in [3.8, 4) is 0 Å². The van der Waals surface area contributed by atoms with Crippen LogP contribution in [0.2, 0.25) is 0 Å². The van der Waals surface area contributed by atoms with E-state index in [0.29, 0.717) is 18.6 Å². The van der Waals surface area contributed by atoms with Gasteiger partial charge < -0.3 is 10.4 Å². The number of aliphatic hydroxyl groups excluding tert-OH is 1. The first-order valence-electron chi connectivity index (χ1n) is 8.30. The number of nitrogens with one attached hydrogen (secondary N) is 1. The summed E-state index contributed by atoms with van der Waals surface area (Å²) in [5, 5.41) is 13.7. The summed E-state index contributed by atoms with van der Waals surface area (Å²) in [6.07, 6.45) is 7.49. The van der Waals surface area contributed by atoms with Crippen molar-refractivity contribution >= 4 is 11.8 Å². The van der Waals surface area contributed by atoms with Crippen LogP contribution < -0.4 is 5.32 Å². The van der Waals surface area contributed by atoms with Crippen LogP contribution in [0, 0.1) is 12.8 Å². The van der Waals surface area contributed by atoms with Crippen molar-refractivity contribution in [3.63, 3.8) is 0 Å². The highest BCUT2D eigenvalue weighted by molar-refractivity contribution is 7.99. The second-order valence-corrected chi connectivity index (χ2v) is 7.86. The van der Waals surface area contributed by atoms with E-state index in [0.717, 1.165) is 12.2 Å². The topological polar surface area (TPSA) is 32.3 Å². The van der Waals surface area contributed by atoms with Crippen molar-refractivity contribution in [3.05, 3.63) is 29.8 Å². The first-order valence-corrected chi connectivity index (χ1v) is 9.29. The highest BCUT2D eigenvalue weighted by Crippen LogP contribution is 2.41. The summed E-state index contributed by atoms with van der Waals surface area (Å²) in [6, 6.07) is 9.31. The Morgan fingerprint density at radius 2 is 2.10 bits per heavy atom. The lowest BCUT2D eigenvalue weighted by Gasteiger charge is -2.35. The highest BCUT2D eigenvalue weighted by atomic mass is 32.2. The lowest BCUT2D eigenvalue weighted by atomic mass is 9.85. The zero-order valence-corrected chi connectivity index (χ0v) is 13.8. The third-order valence-electron chi connectivity index (χ3n) is 5.13. The van der Waals surface area contributed by atoms with Gasteiger partial charge in [-0.1, -0.05) is 24.6 Å². The Hall–Kier alpha value is -0.510. The maximum Gasteiger partial charge on any atom is 0.0616 e. The molecule has 2 aliphatic rings. The summed E-state index contributed by atoms with van der Waals surface area (Å²) in [5.74, 6) is 1.79. The fourth-order valence-electron chi connectivity index (χ4n) is 3.67. The summed E-state index contributed by atoms with van der Waals surface area (Å²) in [5.41, 5.74) is 1.39. The second kappa shape index (κ2) is 6.72. The standard InChI is InChI=1S/C18H27NOS/c1-14-5-2-3-7-17(14)21-12-10-15-6-4-11-18(15,13-20)19-16-8-9-16/h2-3,5,7,15-16,19-20H,4,6,8-13H2,1H3.